The van der Waals surface area contributed by atoms with Gasteiger partial charge in [-0.3, -0.25) is 0 Å². The SMILES string of the molecule is Cc1ccc(OCCO)c(C(=O)O)n1. The smallest absolute Gasteiger partial charge is 0.358 e. The van der Waals surface area contributed by atoms with Gasteiger partial charge in [-0.25, -0.2) is 9.78 Å². The first-order chi connectivity index (χ1) is 6.65. The van der Waals surface area contributed by atoms with E-state index >= 15 is 0 Å². The maximum Gasteiger partial charge on any atom is 0.358 e. The van der Waals surface area contributed by atoms with E-state index < -0.39 is 5.97 Å². The second-order valence-corrected chi connectivity index (χ2v) is 2.68. The van der Waals surface area contributed by atoms with Crippen LogP contribution in [0.2, 0.25) is 0 Å². The summed E-state index contributed by atoms with van der Waals surface area (Å²) >= 11 is 0. The third-order valence-corrected chi connectivity index (χ3v) is 1.55. The van der Waals surface area contributed by atoms with E-state index in [2.05, 4.69) is 4.98 Å². The number of ether oxygens (including phenoxy) is 1. The number of carboxylic acids is 1. The van der Waals surface area contributed by atoms with Crippen LogP contribution in [0.5, 0.6) is 5.75 Å². The maximum absolute atomic E-state index is 10.7. The lowest BCUT2D eigenvalue weighted by Crippen LogP contribution is -2.09. The van der Waals surface area contributed by atoms with Gasteiger partial charge in [0.1, 0.15) is 6.61 Å². The lowest BCUT2D eigenvalue weighted by atomic mass is 10.3. The molecule has 1 aromatic rings. The Morgan fingerprint density at radius 1 is 1.57 bits per heavy atom. The van der Waals surface area contributed by atoms with Gasteiger partial charge in [0.05, 0.1) is 6.61 Å². The number of rotatable bonds is 4. The van der Waals surface area contributed by atoms with E-state index in [0.717, 1.165) is 0 Å². The van der Waals surface area contributed by atoms with Crippen LogP contribution in [0.25, 0.3) is 0 Å². The summed E-state index contributed by atoms with van der Waals surface area (Å²) in [5.74, 6) is -0.959. The number of aromatic carboxylic acids is 1. The van der Waals surface area contributed by atoms with Gasteiger partial charge >= 0.3 is 5.97 Å². The van der Waals surface area contributed by atoms with Gasteiger partial charge < -0.3 is 14.9 Å². The Kier molecular flexibility index (Phi) is 3.41. The molecule has 1 heterocycles. The van der Waals surface area contributed by atoms with Gasteiger partial charge in [-0.15, -0.1) is 0 Å². The molecule has 5 nitrogen and oxygen atoms in total. The van der Waals surface area contributed by atoms with Crippen LogP contribution in [-0.4, -0.2) is 34.4 Å². The fourth-order valence-electron chi connectivity index (χ4n) is 0.969. The van der Waals surface area contributed by atoms with E-state index in [-0.39, 0.29) is 24.7 Å². The van der Waals surface area contributed by atoms with Gasteiger partial charge in [-0.05, 0) is 19.1 Å². The quantitative estimate of drug-likeness (QED) is 0.733. The Labute approximate surface area is 81.0 Å². The van der Waals surface area contributed by atoms with Crippen molar-refractivity contribution in [1.82, 2.24) is 4.98 Å². The lowest BCUT2D eigenvalue weighted by molar-refractivity contribution is 0.0683. The molecule has 0 amide bonds. The van der Waals surface area contributed by atoms with Crippen LogP contribution in [0.4, 0.5) is 0 Å². The number of pyridine rings is 1. The van der Waals surface area contributed by atoms with E-state index in [1.165, 1.54) is 6.07 Å². The summed E-state index contributed by atoms with van der Waals surface area (Å²) in [5, 5.41) is 17.3. The van der Waals surface area contributed by atoms with Crippen molar-refractivity contribution in [2.75, 3.05) is 13.2 Å². The van der Waals surface area contributed by atoms with Gasteiger partial charge in [0.15, 0.2) is 11.4 Å². The van der Waals surface area contributed by atoms with Crippen molar-refractivity contribution in [1.29, 1.82) is 0 Å². The molecule has 1 aromatic heterocycles. The molecule has 0 spiro atoms. The van der Waals surface area contributed by atoms with Crippen LogP contribution in [0.3, 0.4) is 0 Å². The predicted octanol–water partition coefficient (Wildman–Crippen LogP) is 0.459. The molecule has 0 atom stereocenters. The third kappa shape index (κ3) is 2.43. The van der Waals surface area contributed by atoms with Crippen molar-refractivity contribution in [3.8, 4) is 5.75 Å². The summed E-state index contributed by atoms with van der Waals surface area (Å²) in [7, 11) is 0. The molecular formula is C9H11NO4. The van der Waals surface area contributed by atoms with Gasteiger partial charge in [-0.2, -0.15) is 0 Å². The average molecular weight is 197 g/mol. The first kappa shape index (κ1) is 10.5. The Morgan fingerprint density at radius 3 is 2.86 bits per heavy atom. The summed E-state index contributed by atoms with van der Waals surface area (Å²) in [6.45, 7) is 1.60. The van der Waals surface area contributed by atoms with Crippen LogP contribution in [0.15, 0.2) is 12.1 Å². The zero-order valence-electron chi connectivity index (χ0n) is 7.73. The van der Waals surface area contributed by atoms with Crippen molar-refractivity contribution < 1.29 is 19.7 Å². The average Bonchev–Trinajstić information content (AvgIpc) is 2.15. The molecule has 0 aliphatic heterocycles. The van der Waals surface area contributed by atoms with Crippen molar-refractivity contribution in [3.63, 3.8) is 0 Å². The van der Waals surface area contributed by atoms with E-state index in [1.54, 1.807) is 13.0 Å². The van der Waals surface area contributed by atoms with Gasteiger partial charge in [-0.1, -0.05) is 0 Å². The molecule has 76 valence electrons. The van der Waals surface area contributed by atoms with E-state index in [4.69, 9.17) is 14.9 Å². The predicted molar refractivity (Wildman–Crippen MR) is 48.5 cm³/mol. The number of aromatic nitrogens is 1. The fourth-order valence-corrected chi connectivity index (χ4v) is 0.969. The highest BCUT2D eigenvalue weighted by atomic mass is 16.5. The second-order valence-electron chi connectivity index (χ2n) is 2.68. The van der Waals surface area contributed by atoms with E-state index in [9.17, 15) is 4.79 Å². The summed E-state index contributed by atoms with van der Waals surface area (Å²) in [6, 6.07) is 3.18. The molecule has 1 rings (SSSR count). The van der Waals surface area contributed by atoms with Gasteiger partial charge in [0.25, 0.3) is 0 Å². The van der Waals surface area contributed by atoms with Crippen molar-refractivity contribution in [2.45, 2.75) is 6.92 Å². The van der Waals surface area contributed by atoms with Gasteiger partial charge in [0, 0.05) is 5.69 Å². The number of aliphatic hydroxyl groups is 1. The summed E-state index contributed by atoms with van der Waals surface area (Å²) < 4.78 is 5.01. The molecule has 0 bridgehead atoms. The molecule has 0 unspecified atom stereocenters. The molecule has 0 saturated carbocycles. The minimum atomic E-state index is -1.14. The Balaban J connectivity index is 2.96. The normalized spacial score (nSPS) is 9.86. The van der Waals surface area contributed by atoms with Crippen molar-refractivity contribution in [2.24, 2.45) is 0 Å². The molecule has 0 radical (unpaired) electrons. The third-order valence-electron chi connectivity index (χ3n) is 1.55. The van der Waals surface area contributed by atoms with Crippen molar-refractivity contribution >= 4 is 5.97 Å². The highest BCUT2D eigenvalue weighted by molar-refractivity contribution is 5.88. The topological polar surface area (TPSA) is 79.7 Å². The molecule has 0 saturated heterocycles. The van der Waals surface area contributed by atoms with Crippen LogP contribution in [0.1, 0.15) is 16.2 Å². The van der Waals surface area contributed by atoms with Gasteiger partial charge in [0.2, 0.25) is 0 Å². The zero-order valence-corrected chi connectivity index (χ0v) is 7.73. The molecule has 0 aliphatic carbocycles. The first-order valence-corrected chi connectivity index (χ1v) is 4.09. The largest absolute Gasteiger partial charge is 0.489 e. The van der Waals surface area contributed by atoms with Crippen LogP contribution in [0, 0.1) is 6.92 Å². The summed E-state index contributed by atoms with van der Waals surface area (Å²) in [4.78, 5) is 14.6. The summed E-state index contributed by atoms with van der Waals surface area (Å²) in [5.41, 5.74) is 0.484. The molecule has 5 heteroatoms. The number of aryl methyl sites for hydroxylation is 1. The monoisotopic (exact) mass is 197 g/mol. The fraction of sp³-hybridized carbons (Fsp3) is 0.333. The van der Waals surface area contributed by atoms with Crippen LogP contribution >= 0.6 is 0 Å². The minimum absolute atomic E-state index is 0.0605. The number of nitrogens with zero attached hydrogens (tertiary/aromatic N) is 1. The number of hydrogen-bond donors (Lipinski definition) is 2. The van der Waals surface area contributed by atoms with Crippen molar-refractivity contribution in [3.05, 3.63) is 23.5 Å². The molecule has 14 heavy (non-hydrogen) atoms. The lowest BCUT2D eigenvalue weighted by Gasteiger charge is -2.07. The standard InChI is InChI=1S/C9H11NO4/c1-6-2-3-7(14-5-4-11)8(10-6)9(12)13/h2-3,11H,4-5H2,1H3,(H,12,13). The Hall–Kier alpha value is -1.62. The van der Waals surface area contributed by atoms with E-state index in [0.29, 0.717) is 5.69 Å². The highest BCUT2D eigenvalue weighted by Gasteiger charge is 2.12. The zero-order chi connectivity index (χ0) is 10.6. The number of aliphatic hydroxyl groups excluding tert-OH is 1. The second kappa shape index (κ2) is 4.57. The van der Waals surface area contributed by atoms with Crippen LogP contribution < -0.4 is 4.74 Å². The maximum atomic E-state index is 10.7. The van der Waals surface area contributed by atoms with Crippen LogP contribution in [-0.2, 0) is 0 Å². The molecule has 0 aliphatic rings. The molecule has 0 fully saturated rings. The summed E-state index contributed by atoms with van der Waals surface area (Å²) in [6.07, 6.45) is 0. The molecule has 0 aromatic carbocycles. The Morgan fingerprint density at radius 2 is 2.29 bits per heavy atom. The number of hydrogen-bond acceptors (Lipinski definition) is 4. The number of carboxylic acid groups (broad SMARTS) is 1. The number of carbonyl (C=O) groups is 1. The minimum Gasteiger partial charge on any atom is -0.489 e. The first-order valence-electron chi connectivity index (χ1n) is 4.09. The molecule has 2 N–H and O–H groups in total. The Bertz CT molecular complexity index is 338. The highest BCUT2D eigenvalue weighted by Crippen LogP contribution is 2.16. The molecular weight excluding hydrogens is 186 g/mol. The van der Waals surface area contributed by atoms with E-state index in [1.807, 2.05) is 0 Å².